The van der Waals surface area contributed by atoms with E-state index in [2.05, 4.69) is 51.2 Å². The highest BCUT2D eigenvalue weighted by Crippen LogP contribution is 2.26. The zero-order chi connectivity index (χ0) is 12.4. The largest absolute Gasteiger partial charge is 0.492 e. The van der Waals surface area contributed by atoms with E-state index >= 15 is 0 Å². The van der Waals surface area contributed by atoms with Gasteiger partial charge in [-0.05, 0) is 34.1 Å². The van der Waals surface area contributed by atoms with Crippen LogP contribution >= 0.6 is 27.3 Å². The molecule has 0 saturated carbocycles. The molecule has 18 heavy (non-hydrogen) atoms. The molecule has 0 radical (unpaired) electrons. The smallest absolute Gasteiger partial charge is 0.123 e. The van der Waals surface area contributed by atoms with E-state index in [9.17, 15) is 0 Å². The Kier molecular flexibility index (Phi) is 3.68. The van der Waals surface area contributed by atoms with Gasteiger partial charge in [-0.2, -0.15) is 0 Å². The Morgan fingerprint density at radius 3 is 2.94 bits per heavy atom. The zero-order valence-electron chi connectivity index (χ0n) is 9.93. The molecule has 1 aliphatic rings. The number of para-hydroxylation sites is 1. The average Bonchev–Trinajstić information content (AvgIpc) is 2.66. The van der Waals surface area contributed by atoms with Gasteiger partial charge in [0.05, 0.1) is 3.79 Å². The number of nitrogens with zero attached hydrogens (tertiary/aromatic N) is 1. The van der Waals surface area contributed by atoms with E-state index in [4.69, 9.17) is 4.74 Å². The minimum absolute atomic E-state index is 0.767. The van der Waals surface area contributed by atoms with E-state index in [1.165, 1.54) is 14.2 Å². The number of hydrogen-bond acceptors (Lipinski definition) is 3. The van der Waals surface area contributed by atoms with Crippen LogP contribution in [0.25, 0.3) is 0 Å². The minimum atomic E-state index is 0.767. The highest BCUT2D eigenvalue weighted by Gasteiger charge is 2.15. The average molecular weight is 324 g/mol. The summed E-state index contributed by atoms with van der Waals surface area (Å²) in [5.41, 5.74) is 1.28. The van der Waals surface area contributed by atoms with Crippen molar-refractivity contribution in [2.45, 2.75) is 13.1 Å². The lowest BCUT2D eigenvalue weighted by Crippen LogP contribution is -2.24. The van der Waals surface area contributed by atoms with Crippen molar-refractivity contribution in [1.29, 1.82) is 0 Å². The van der Waals surface area contributed by atoms with Gasteiger partial charge in [0.2, 0.25) is 0 Å². The molecule has 0 fully saturated rings. The van der Waals surface area contributed by atoms with E-state index in [1.54, 1.807) is 11.3 Å². The standard InChI is InChI=1S/C14H14BrNOS/c15-14-6-5-12(18-14)10-16-7-8-17-13-4-2-1-3-11(13)9-16/h1-6H,7-10H2. The molecule has 0 amide bonds. The molecule has 0 saturated heterocycles. The van der Waals surface area contributed by atoms with Crippen LogP contribution in [0.3, 0.4) is 0 Å². The SMILES string of the molecule is Brc1ccc(CN2CCOc3ccccc3C2)s1. The summed E-state index contributed by atoms with van der Waals surface area (Å²) in [6.45, 7) is 3.70. The molecule has 4 heteroatoms. The first-order chi connectivity index (χ1) is 8.81. The van der Waals surface area contributed by atoms with Crippen LogP contribution in [0.2, 0.25) is 0 Å². The lowest BCUT2D eigenvalue weighted by Gasteiger charge is -2.18. The Morgan fingerprint density at radius 1 is 1.22 bits per heavy atom. The highest BCUT2D eigenvalue weighted by molar-refractivity contribution is 9.11. The summed E-state index contributed by atoms with van der Waals surface area (Å²) in [4.78, 5) is 3.82. The summed E-state index contributed by atoms with van der Waals surface area (Å²) < 4.78 is 6.97. The monoisotopic (exact) mass is 323 g/mol. The first-order valence-corrected chi connectivity index (χ1v) is 7.59. The molecule has 3 rings (SSSR count). The van der Waals surface area contributed by atoms with Crippen LogP contribution in [0.1, 0.15) is 10.4 Å². The molecule has 1 aromatic heterocycles. The Hall–Kier alpha value is -0.840. The predicted octanol–water partition coefficient (Wildman–Crippen LogP) is 3.91. The number of hydrogen-bond donors (Lipinski definition) is 0. The maximum atomic E-state index is 5.77. The summed E-state index contributed by atoms with van der Waals surface area (Å²) in [6, 6.07) is 12.6. The van der Waals surface area contributed by atoms with Gasteiger partial charge in [-0.1, -0.05) is 18.2 Å². The van der Waals surface area contributed by atoms with Crippen LogP contribution in [-0.2, 0) is 13.1 Å². The van der Waals surface area contributed by atoms with Gasteiger partial charge < -0.3 is 4.74 Å². The Labute approximate surface area is 119 Å². The van der Waals surface area contributed by atoms with E-state index < -0.39 is 0 Å². The molecule has 1 aromatic carbocycles. The van der Waals surface area contributed by atoms with E-state index in [1.807, 2.05) is 6.07 Å². The van der Waals surface area contributed by atoms with Gasteiger partial charge in [-0.15, -0.1) is 11.3 Å². The fourth-order valence-electron chi connectivity index (χ4n) is 2.17. The van der Waals surface area contributed by atoms with Gasteiger partial charge in [0.15, 0.2) is 0 Å². The molecular weight excluding hydrogens is 310 g/mol. The second-order valence-electron chi connectivity index (χ2n) is 4.37. The number of rotatable bonds is 2. The van der Waals surface area contributed by atoms with Crippen molar-refractivity contribution in [3.63, 3.8) is 0 Å². The Morgan fingerprint density at radius 2 is 2.11 bits per heavy atom. The molecule has 0 bridgehead atoms. The fraction of sp³-hybridized carbons (Fsp3) is 0.286. The number of thiophene rings is 1. The van der Waals surface area contributed by atoms with Crippen LogP contribution in [0.5, 0.6) is 5.75 Å². The third-order valence-electron chi connectivity index (χ3n) is 3.04. The molecule has 94 valence electrons. The van der Waals surface area contributed by atoms with Crippen molar-refractivity contribution in [2.75, 3.05) is 13.2 Å². The van der Waals surface area contributed by atoms with Crippen LogP contribution in [0.4, 0.5) is 0 Å². The summed E-state index contributed by atoms with van der Waals surface area (Å²) in [7, 11) is 0. The lowest BCUT2D eigenvalue weighted by atomic mass is 10.2. The number of ether oxygens (including phenoxy) is 1. The first kappa shape index (κ1) is 12.2. The van der Waals surface area contributed by atoms with Crippen molar-refractivity contribution in [1.82, 2.24) is 4.90 Å². The number of benzene rings is 1. The van der Waals surface area contributed by atoms with Crippen LogP contribution in [0, 0.1) is 0 Å². The van der Waals surface area contributed by atoms with Gasteiger partial charge in [-0.3, -0.25) is 4.90 Å². The summed E-state index contributed by atoms with van der Waals surface area (Å²) >= 11 is 5.32. The van der Waals surface area contributed by atoms with Gasteiger partial charge >= 0.3 is 0 Å². The summed E-state index contributed by atoms with van der Waals surface area (Å²) in [5, 5.41) is 0. The van der Waals surface area contributed by atoms with Crippen molar-refractivity contribution < 1.29 is 4.74 Å². The number of fused-ring (bicyclic) bond motifs is 1. The summed E-state index contributed by atoms with van der Waals surface area (Å²) in [5.74, 6) is 1.03. The molecule has 2 nitrogen and oxygen atoms in total. The zero-order valence-corrected chi connectivity index (χ0v) is 12.3. The number of halogens is 1. The van der Waals surface area contributed by atoms with Crippen LogP contribution in [-0.4, -0.2) is 18.1 Å². The van der Waals surface area contributed by atoms with Gasteiger partial charge in [0.25, 0.3) is 0 Å². The molecule has 0 aliphatic carbocycles. The van der Waals surface area contributed by atoms with E-state index in [0.717, 1.165) is 32.0 Å². The van der Waals surface area contributed by atoms with Crippen LogP contribution in [0.15, 0.2) is 40.2 Å². The second kappa shape index (κ2) is 5.43. The van der Waals surface area contributed by atoms with Crippen molar-refractivity contribution in [3.05, 3.63) is 50.6 Å². The third kappa shape index (κ3) is 2.76. The molecule has 0 N–H and O–H groups in total. The highest BCUT2D eigenvalue weighted by atomic mass is 79.9. The molecule has 0 spiro atoms. The second-order valence-corrected chi connectivity index (χ2v) is 6.92. The summed E-state index contributed by atoms with van der Waals surface area (Å²) in [6.07, 6.45) is 0. The van der Waals surface area contributed by atoms with Crippen molar-refractivity contribution in [2.24, 2.45) is 0 Å². The maximum Gasteiger partial charge on any atom is 0.123 e. The molecule has 2 aromatic rings. The molecule has 1 aliphatic heterocycles. The van der Waals surface area contributed by atoms with Crippen LogP contribution < -0.4 is 4.74 Å². The normalized spacial score (nSPS) is 15.8. The van der Waals surface area contributed by atoms with Crippen molar-refractivity contribution in [3.8, 4) is 5.75 Å². The Bertz CT molecular complexity index is 540. The Balaban J connectivity index is 1.75. The predicted molar refractivity (Wildman–Crippen MR) is 78.1 cm³/mol. The van der Waals surface area contributed by atoms with Crippen molar-refractivity contribution >= 4 is 27.3 Å². The molecule has 0 atom stereocenters. The van der Waals surface area contributed by atoms with E-state index in [-0.39, 0.29) is 0 Å². The van der Waals surface area contributed by atoms with Gasteiger partial charge in [-0.25, -0.2) is 0 Å². The molecule has 0 unspecified atom stereocenters. The third-order valence-corrected chi connectivity index (χ3v) is 4.65. The molecular formula is C14H14BrNOS. The van der Waals surface area contributed by atoms with Gasteiger partial charge in [0.1, 0.15) is 12.4 Å². The van der Waals surface area contributed by atoms with Gasteiger partial charge in [0, 0.05) is 30.1 Å². The minimum Gasteiger partial charge on any atom is -0.492 e. The first-order valence-electron chi connectivity index (χ1n) is 5.98. The fourth-order valence-corrected chi connectivity index (χ4v) is 3.70. The topological polar surface area (TPSA) is 12.5 Å². The van der Waals surface area contributed by atoms with E-state index in [0.29, 0.717) is 0 Å². The quantitative estimate of drug-likeness (QED) is 0.831. The lowest BCUT2D eigenvalue weighted by molar-refractivity contribution is 0.221. The molecule has 2 heterocycles. The maximum absolute atomic E-state index is 5.77.